The number of anilines is 1. The van der Waals surface area contributed by atoms with Crippen molar-refractivity contribution in [1.29, 1.82) is 0 Å². The highest BCUT2D eigenvalue weighted by atomic mass is 16.5. The number of nitrogens with one attached hydrogen (secondary N) is 1. The number of carbonyl (C=O) groups excluding carboxylic acids is 1. The summed E-state index contributed by atoms with van der Waals surface area (Å²) in [6.07, 6.45) is 1.70. The van der Waals surface area contributed by atoms with Crippen LogP contribution in [0.25, 0.3) is 0 Å². The fraction of sp³-hybridized carbons (Fsp3) is 0.423. The molecule has 1 aliphatic rings. The highest BCUT2D eigenvalue weighted by Gasteiger charge is 2.27. The van der Waals surface area contributed by atoms with Crippen LogP contribution in [0, 0.1) is 0 Å². The summed E-state index contributed by atoms with van der Waals surface area (Å²) in [5, 5.41) is 7.65. The first-order valence-corrected chi connectivity index (χ1v) is 12.0. The standard InChI is InChI=1S/C26H33N5O4/c1-4-30-25(28-31(26(30)33)17-19-8-6-5-7-9-19)20-12-14-29(15-13-20)18-24(32)27-22-11-10-21(34-2)16-23(22)35-3/h5-11,16,20H,4,12-15,17-18H2,1-3H3,(H,27,32). The molecule has 9 nitrogen and oxygen atoms in total. The largest absolute Gasteiger partial charge is 0.497 e. The van der Waals surface area contributed by atoms with Crippen molar-refractivity contribution in [3.8, 4) is 11.5 Å². The molecule has 0 spiro atoms. The van der Waals surface area contributed by atoms with Crippen LogP contribution in [-0.2, 0) is 17.9 Å². The molecule has 9 heteroatoms. The lowest BCUT2D eigenvalue weighted by Gasteiger charge is -2.31. The van der Waals surface area contributed by atoms with Crippen LogP contribution in [0.15, 0.2) is 53.3 Å². The Hall–Kier alpha value is -3.59. The lowest BCUT2D eigenvalue weighted by Crippen LogP contribution is -2.39. The van der Waals surface area contributed by atoms with Gasteiger partial charge >= 0.3 is 5.69 Å². The molecule has 35 heavy (non-hydrogen) atoms. The summed E-state index contributed by atoms with van der Waals surface area (Å²) in [5.41, 5.74) is 1.60. The minimum Gasteiger partial charge on any atom is -0.497 e. The molecule has 0 aliphatic carbocycles. The number of nitrogens with zero attached hydrogens (tertiary/aromatic N) is 4. The Balaban J connectivity index is 1.36. The first-order valence-electron chi connectivity index (χ1n) is 12.0. The smallest absolute Gasteiger partial charge is 0.346 e. The van der Waals surface area contributed by atoms with Gasteiger partial charge in [0.05, 0.1) is 33.0 Å². The van der Waals surface area contributed by atoms with E-state index in [9.17, 15) is 9.59 Å². The second kappa shape index (κ2) is 11.2. The summed E-state index contributed by atoms with van der Waals surface area (Å²) in [4.78, 5) is 27.7. The first kappa shape index (κ1) is 24.5. The molecule has 1 N–H and O–H groups in total. The molecule has 1 amide bonds. The Labute approximate surface area is 205 Å². The average molecular weight is 480 g/mol. The van der Waals surface area contributed by atoms with Crippen molar-refractivity contribution >= 4 is 11.6 Å². The molecule has 0 atom stereocenters. The molecule has 2 aromatic carbocycles. The SMILES string of the molecule is CCn1c(C2CCN(CC(=O)Nc3ccc(OC)cc3OC)CC2)nn(Cc2ccccc2)c1=O. The molecular formula is C26H33N5O4. The van der Waals surface area contributed by atoms with Crippen LogP contribution >= 0.6 is 0 Å². The fourth-order valence-electron chi connectivity index (χ4n) is 4.56. The van der Waals surface area contributed by atoms with Gasteiger partial charge in [0.2, 0.25) is 5.91 Å². The van der Waals surface area contributed by atoms with E-state index in [1.807, 2.05) is 37.3 Å². The van der Waals surface area contributed by atoms with E-state index in [4.69, 9.17) is 14.6 Å². The zero-order valence-corrected chi connectivity index (χ0v) is 20.6. The van der Waals surface area contributed by atoms with Crippen molar-refractivity contribution in [3.05, 3.63) is 70.4 Å². The summed E-state index contributed by atoms with van der Waals surface area (Å²) in [6, 6.07) is 15.2. The van der Waals surface area contributed by atoms with Gasteiger partial charge in [0.25, 0.3) is 0 Å². The zero-order chi connectivity index (χ0) is 24.8. The number of rotatable bonds is 9. The lowest BCUT2D eigenvalue weighted by atomic mass is 9.96. The number of benzene rings is 2. The molecule has 1 fully saturated rings. The van der Waals surface area contributed by atoms with E-state index < -0.39 is 0 Å². The number of likely N-dealkylation sites (tertiary alicyclic amines) is 1. The molecule has 3 aromatic rings. The molecule has 186 valence electrons. The van der Waals surface area contributed by atoms with E-state index in [0.29, 0.717) is 36.8 Å². The molecule has 0 unspecified atom stereocenters. The molecule has 1 saturated heterocycles. The number of amides is 1. The number of aromatic nitrogens is 3. The number of carbonyl (C=O) groups is 1. The normalized spacial score (nSPS) is 14.6. The summed E-state index contributed by atoms with van der Waals surface area (Å²) in [6.45, 7) is 4.86. The van der Waals surface area contributed by atoms with Gasteiger partial charge in [-0.05, 0) is 50.6 Å². The summed E-state index contributed by atoms with van der Waals surface area (Å²) >= 11 is 0. The zero-order valence-electron chi connectivity index (χ0n) is 20.6. The summed E-state index contributed by atoms with van der Waals surface area (Å²) in [5.74, 6) is 2.17. The van der Waals surface area contributed by atoms with Crippen LogP contribution in [-0.4, -0.2) is 59.0 Å². The van der Waals surface area contributed by atoms with Gasteiger partial charge in [-0.25, -0.2) is 9.48 Å². The van der Waals surface area contributed by atoms with Crippen LogP contribution in [0.1, 0.15) is 37.1 Å². The summed E-state index contributed by atoms with van der Waals surface area (Å²) < 4.78 is 13.9. The molecule has 0 radical (unpaired) electrons. The maximum absolute atomic E-state index is 12.9. The Morgan fingerprint density at radius 2 is 1.83 bits per heavy atom. The van der Waals surface area contributed by atoms with Gasteiger partial charge in [-0.15, -0.1) is 0 Å². The number of ether oxygens (including phenoxy) is 2. The van der Waals surface area contributed by atoms with E-state index >= 15 is 0 Å². The Morgan fingerprint density at radius 1 is 1.09 bits per heavy atom. The van der Waals surface area contributed by atoms with Crippen molar-refractivity contribution < 1.29 is 14.3 Å². The predicted octanol–water partition coefficient (Wildman–Crippen LogP) is 2.95. The third-order valence-corrected chi connectivity index (χ3v) is 6.45. The quantitative estimate of drug-likeness (QED) is 0.508. The molecule has 1 aromatic heterocycles. The van der Waals surface area contributed by atoms with Gasteiger partial charge < -0.3 is 14.8 Å². The average Bonchev–Trinajstić information content (AvgIpc) is 3.20. The van der Waals surface area contributed by atoms with Gasteiger partial charge in [0, 0.05) is 18.5 Å². The second-order valence-corrected chi connectivity index (χ2v) is 8.69. The van der Waals surface area contributed by atoms with Crippen molar-refractivity contribution in [3.63, 3.8) is 0 Å². The second-order valence-electron chi connectivity index (χ2n) is 8.69. The van der Waals surface area contributed by atoms with Crippen LogP contribution in [0.5, 0.6) is 11.5 Å². The molecule has 1 aliphatic heterocycles. The number of methoxy groups -OCH3 is 2. The molecule has 4 rings (SSSR count). The van der Waals surface area contributed by atoms with Gasteiger partial charge in [-0.2, -0.15) is 5.10 Å². The third-order valence-electron chi connectivity index (χ3n) is 6.45. The number of hydrogen-bond donors (Lipinski definition) is 1. The Kier molecular flexibility index (Phi) is 7.87. The summed E-state index contributed by atoms with van der Waals surface area (Å²) in [7, 11) is 3.15. The van der Waals surface area contributed by atoms with Crippen molar-refractivity contribution in [1.82, 2.24) is 19.2 Å². The van der Waals surface area contributed by atoms with Gasteiger partial charge in [-0.1, -0.05) is 30.3 Å². The fourth-order valence-corrected chi connectivity index (χ4v) is 4.56. The third kappa shape index (κ3) is 5.74. The molecule has 0 saturated carbocycles. The van der Waals surface area contributed by atoms with Crippen LogP contribution in [0.4, 0.5) is 5.69 Å². The van der Waals surface area contributed by atoms with Crippen LogP contribution in [0.3, 0.4) is 0 Å². The van der Waals surface area contributed by atoms with E-state index in [1.54, 1.807) is 41.7 Å². The van der Waals surface area contributed by atoms with Crippen molar-refractivity contribution in [2.75, 3.05) is 39.2 Å². The van der Waals surface area contributed by atoms with E-state index in [0.717, 1.165) is 37.3 Å². The maximum atomic E-state index is 12.9. The highest BCUT2D eigenvalue weighted by Crippen LogP contribution is 2.29. The monoisotopic (exact) mass is 479 g/mol. The first-order chi connectivity index (χ1) is 17.0. The minimum absolute atomic E-state index is 0.0680. The number of piperidine rings is 1. The highest BCUT2D eigenvalue weighted by molar-refractivity contribution is 5.93. The molecule has 2 heterocycles. The predicted molar refractivity (Wildman–Crippen MR) is 134 cm³/mol. The van der Waals surface area contributed by atoms with Gasteiger partial charge in [0.15, 0.2) is 0 Å². The van der Waals surface area contributed by atoms with Crippen LogP contribution < -0.4 is 20.5 Å². The molecule has 0 bridgehead atoms. The minimum atomic E-state index is -0.0930. The van der Waals surface area contributed by atoms with Crippen molar-refractivity contribution in [2.24, 2.45) is 0 Å². The molecular weight excluding hydrogens is 446 g/mol. The van der Waals surface area contributed by atoms with Crippen molar-refractivity contribution in [2.45, 2.75) is 38.8 Å². The lowest BCUT2D eigenvalue weighted by molar-refractivity contribution is -0.117. The topological polar surface area (TPSA) is 90.6 Å². The Bertz CT molecular complexity index is 1200. The van der Waals surface area contributed by atoms with Gasteiger partial charge in [-0.3, -0.25) is 14.3 Å². The van der Waals surface area contributed by atoms with Gasteiger partial charge in [0.1, 0.15) is 17.3 Å². The van der Waals surface area contributed by atoms with E-state index in [-0.39, 0.29) is 17.5 Å². The Morgan fingerprint density at radius 3 is 2.49 bits per heavy atom. The van der Waals surface area contributed by atoms with Crippen LogP contribution in [0.2, 0.25) is 0 Å². The van der Waals surface area contributed by atoms with E-state index in [1.165, 1.54) is 0 Å². The maximum Gasteiger partial charge on any atom is 0.346 e. The van der Waals surface area contributed by atoms with E-state index in [2.05, 4.69) is 10.2 Å². The number of hydrogen-bond acceptors (Lipinski definition) is 6.